The molecule has 0 atom stereocenters. The van der Waals surface area contributed by atoms with Crippen LogP contribution in [0.3, 0.4) is 0 Å². The molecule has 0 spiro atoms. The fourth-order valence-corrected chi connectivity index (χ4v) is 3.22. The molecule has 1 fully saturated rings. The molecule has 0 radical (unpaired) electrons. The summed E-state index contributed by atoms with van der Waals surface area (Å²) in [6.45, 7) is 4.45. The quantitative estimate of drug-likeness (QED) is 0.790. The summed E-state index contributed by atoms with van der Waals surface area (Å²) in [7, 11) is 0. The highest BCUT2D eigenvalue weighted by Gasteiger charge is 2.42. The number of rotatable bonds is 5. The van der Waals surface area contributed by atoms with E-state index in [2.05, 4.69) is 66.9 Å². The summed E-state index contributed by atoms with van der Waals surface area (Å²) in [6, 6.07) is 15.3. The zero-order valence-electron chi connectivity index (χ0n) is 11.5. The first-order valence-corrected chi connectivity index (χ1v) is 7.75. The summed E-state index contributed by atoms with van der Waals surface area (Å²) in [4.78, 5) is 2.52. The van der Waals surface area contributed by atoms with Crippen molar-refractivity contribution in [2.45, 2.75) is 19.8 Å². The number of nitrogens with zero attached hydrogens (tertiary/aromatic N) is 1. The van der Waals surface area contributed by atoms with Gasteiger partial charge in [-0.15, -0.1) is 0 Å². The Balaban J connectivity index is 1.97. The molecule has 0 unspecified atom stereocenters. The Labute approximate surface area is 121 Å². The number of fused-ring (bicyclic) bond motifs is 1. The Bertz CT molecular complexity index is 569. The average molecular weight is 271 g/mol. The lowest BCUT2D eigenvalue weighted by atomic mass is 10.1. The van der Waals surface area contributed by atoms with Crippen molar-refractivity contribution < 1.29 is 0 Å². The Morgan fingerprint density at radius 1 is 1.11 bits per heavy atom. The maximum atomic E-state index is 4.54. The summed E-state index contributed by atoms with van der Waals surface area (Å²) in [6.07, 6.45) is 2.66. The van der Waals surface area contributed by atoms with Gasteiger partial charge in [-0.1, -0.05) is 36.4 Å². The van der Waals surface area contributed by atoms with Crippen molar-refractivity contribution in [3.63, 3.8) is 0 Å². The summed E-state index contributed by atoms with van der Waals surface area (Å²) >= 11 is 4.54. The number of hydrogen-bond donors (Lipinski definition) is 1. The Morgan fingerprint density at radius 2 is 1.84 bits per heavy atom. The second-order valence-corrected chi connectivity index (χ2v) is 5.99. The van der Waals surface area contributed by atoms with Crippen molar-refractivity contribution in [3.05, 3.63) is 42.5 Å². The van der Waals surface area contributed by atoms with Gasteiger partial charge in [-0.2, -0.15) is 12.6 Å². The third-order valence-electron chi connectivity index (χ3n) is 4.31. The number of anilines is 1. The number of hydrogen-bond acceptors (Lipinski definition) is 2. The molecule has 2 heteroatoms. The van der Waals surface area contributed by atoms with Crippen LogP contribution >= 0.6 is 12.6 Å². The smallest absolute Gasteiger partial charge is 0.0445 e. The zero-order valence-corrected chi connectivity index (χ0v) is 12.4. The molecule has 2 aromatic rings. The van der Waals surface area contributed by atoms with Crippen LogP contribution in [0.15, 0.2) is 42.5 Å². The third kappa shape index (κ3) is 2.46. The molecule has 1 nitrogen and oxygen atoms in total. The van der Waals surface area contributed by atoms with E-state index in [0.717, 1.165) is 18.8 Å². The van der Waals surface area contributed by atoms with Crippen LogP contribution in [0.4, 0.5) is 5.69 Å². The van der Waals surface area contributed by atoms with Gasteiger partial charge in [-0.05, 0) is 42.4 Å². The second-order valence-electron chi connectivity index (χ2n) is 5.67. The summed E-state index contributed by atoms with van der Waals surface area (Å²) in [5.41, 5.74) is 1.84. The highest BCUT2D eigenvalue weighted by atomic mass is 32.1. The van der Waals surface area contributed by atoms with Gasteiger partial charge in [-0.25, -0.2) is 0 Å². The predicted octanol–water partition coefficient (Wildman–Crippen LogP) is 4.38. The minimum Gasteiger partial charge on any atom is -0.371 e. The Hall–Kier alpha value is -1.15. The lowest BCUT2D eigenvalue weighted by Crippen LogP contribution is -2.31. The van der Waals surface area contributed by atoms with E-state index in [0.29, 0.717) is 5.41 Å². The van der Waals surface area contributed by atoms with E-state index in [-0.39, 0.29) is 0 Å². The maximum absolute atomic E-state index is 4.54. The molecule has 0 N–H and O–H groups in total. The van der Waals surface area contributed by atoms with E-state index in [4.69, 9.17) is 0 Å². The maximum Gasteiger partial charge on any atom is 0.0445 e. The number of thiol groups is 1. The average Bonchev–Trinajstić information content (AvgIpc) is 3.25. The molecular formula is C17H21NS. The van der Waals surface area contributed by atoms with Crippen molar-refractivity contribution in [1.82, 2.24) is 0 Å². The van der Waals surface area contributed by atoms with Gasteiger partial charge in [0, 0.05) is 24.2 Å². The monoisotopic (exact) mass is 271 g/mol. The minimum absolute atomic E-state index is 0.468. The van der Waals surface area contributed by atoms with E-state index >= 15 is 0 Å². The lowest BCUT2D eigenvalue weighted by Gasteiger charge is -2.28. The molecule has 19 heavy (non-hydrogen) atoms. The molecule has 0 bridgehead atoms. The molecule has 0 aromatic heterocycles. The van der Waals surface area contributed by atoms with E-state index in [1.165, 1.54) is 29.3 Å². The summed E-state index contributed by atoms with van der Waals surface area (Å²) < 4.78 is 0. The molecule has 1 saturated carbocycles. The van der Waals surface area contributed by atoms with Gasteiger partial charge in [0.1, 0.15) is 0 Å². The fourth-order valence-electron chi connectivity index (χ4n) is 2.80. The topological polar surface area (TPSA) is 3.24 Å². The normalized spacial score (nSPS) is 16.5. The van der Waals surface area contributed by atoms with Crippen molar-refractivity contribution in [2.24, 2.45) is 5.41 Å². The van der Waals surface area contributed by atoms with Gasteiger partial charge < -0.3 is 4.90 Å². The van der Waals surface area contributed by atoms with Gasteiger partial charge in [-0.3, -0.25) is 0 Å². The van der Waals surface area contributed by atoms with E-state index in [9.17, 15) is 0 Å². The molecule has 1 aliphatic rings. The van der Waals surface area contributed by atoms with E-state index < -0.39 is 0 Å². The molecule has 2 aromatic carbocycles. The van der Waals surface area contributed by atoms with Crippen LogP contribution in [-0.4, -0.2) is 18.8 Å². The van der Waals surface area contributed by atoms with Crippen LogP contribution in [-0.2, 0) is 0 Å². The van der Waals surface area contributed by atoms with Gasteiger partial charge in [0.2, 0.25) is 0 Å². The van der Waals surface area contributed by atoms with Crippen molar-refractivity contribution >= 4 is 29.1 Å². The van der Waals surface area contributed by atoms with Crippen LogP contribution in [0.5, 0.6) is 0 Å². The van der Waals surface area contributed by atoms with Crippen LogP contribution in [0.2, 0.25) is 0 Å². The van der Waals surface area contributed by atoms with Crippen LogP contribution < -0.4 is 4.90 Å². The lowest BCUT2D eigenvalue weighted by molar-refractivity contribution is 0.567. The SMILES string of the molecule is CCN(CC1(CS)CC1)c1cccc2ccccc12. The molecule has 0 amide bonds. The first-order chi connectivity index (χ1) is 9.28. The van der Waals surface area contributed by atoms with E-state index in [1.54, 1.807) is 0 Å². The van der Waals surface area contributed by atoms with Crippen LogP contribution in [0.1, 0.15) is 19.8 Å². The minimum atomic E-state index is 0.468. The molecule has 0 saturated heterocycles. The first-order valence-electron chi connectivity index (χ1n) is 7.11. The highest BCUT2D eigenvalue weighted by molar-refractivity contribution is 7.80. The molecular weight excluding hydrogens is 250 g/mol. The Kier molecular flexibility index (Phi) is 3.44. The largest absolute Gasteiger partial charge is 0.371 e. The van der Waals surface area contributed by atoms with E-state index in [1.807, 2.05) is 0 Å². The van der Waals surface area contributed by atoms with Gasteiger partial charge >= 0.3 is 0 Å². The predicted molar refractivity (Wildman–Crippen MR) is 87.4 cm³/mol. The molecule has 3 rings (SSSR count). The summed E-state index contributed by atoms with van der Waals surface area (Å²) in [5.74, 6) is 1.01. The molecule has 100 valence electrons. The van der Waals surface area contributed by atoms with Gasteiger partial charge in [0.25, 0.3) is 0 Å². The molecule has 0 heterocycles. The standard InChI is InChI=1S/C17H21NS/c1-2-18(12-17(13-19)10-11-17)16-9-5-7-14-6-3-4-8-15(14)16/h3-9,19H,2,10-13H2,1H3. The zero-order chi connectivity index (χ0) is 13.3. The van der Waals surface area contributed by atoms with Crippen LogP contribution in [0, 0.1) is 5.41 Å². The van der Waals surface area contributed by atoms with Gasteiger partial charge in [0.05, 0.1) is 0 Å². The highest BCUT2D eigenvalue weighted by Crippen LogP contribution is 2.47. The third-order valence-corrected chi connectivity index (χ3v) is 4.98. The van der Waals surface area contributed by atoms with Crippen molar-refractivity contribution in [2.75, 3.05) is 23.7 Å². The van der Waals surface area contributed by atoms with Crippen molar-refractivity contribution in [3.8, 4) is 0 Å². The first kappa shape index (κ1) is 12.9. The van der Waals surface area contributed by atoms with Crippen LogP contribution in [0.25, 0.3) is 10.8 Å². The summed E-state index contributed by atoms with van der Waals surface area (Å²) in [5, 5.41) is 2.69. The fraction of sp³-hybridized carbons (Fsp3) is 0.412. The molecule has 1 aliphatic carbocycles. The molecule has 0 aliphatic heterocycles. The second kappa shape index (κ2) is 5.09. The van der Waals surface area contributed by atoms with Crippen molar-refractivity contribution in [1.29, 1.82) is 0 Å². The van der Waals surface area contributed by atoms with Gasteiger partial charge in [0.15, 0.2) is 0 Å². The number of benzene rings is 2. The Morgan fingerprint density at radius 3 is 2.53 bits per heavy atom.